The second kappa shape index (κ2) is 8.05. The molecule has 1 amide bonds. The molecule has 0 spiro atoms. The Kier molecular flexibility index (Phi) is 5.16. The van der Waals surface area contributed by atoms with Crippen LogP contribution in [-0.4, -0.2) is 38.8 Å². The van der Waals surface area contributed by atoms with Crippen LogP contribution in [0.5, 0.6) is 0 Å². The number of amides is 1. The lowest BCUT2D eigenvalue weighted by molar-refractivity contribution is 0.0950. The van der Waals surface area contributed by atoms with Gasteiger partial charge in [0.1, 0.15) is 0 Å². The predicted octanol–water partition coefficient (Wildman–Crippen LogP) is 2.67. The Morgan fingerprint density at radius 1 is 1.00 bits per heavy atom. The Morgan fingerprint density at radius 3 is 2.41 bits per heavy atom. The molecular weight excluding hydrogens is 338 g/mol. The second-order valence-corrected chi connectivity index (χ2v) is 6.63. The molecule has 0 saturated heterocycles. The number of nitrogens with zero attached hydrogens (tertiary/aromatic N) is 4. The molecule has 6 heteroatoms. The Balaban J connectivity index is 1.23. The zero-order valence-corrected chi connectivity index (χ0v) is 15.0. The van der Waals surface area contributed by atoms with E-state index in [-0.39, 0.29) is 5.91 Å². The highest BCUT2D eigenvalue weighted by atomic mass is 16.1. The third-order valence-electron chi connectivity index (χ3n) is 4.68. The van der Waals surface area contributed by atoms with Crippen molar-refractivity contribution in [3.05, 3.63) is 77.9 Å². The first kappa shape index (κ1) is 17.3. The van der Waals surface area contributed by atoms with E-state index in [1.165, 1.54) is 11.1 Å². The highest BCUT2D eigenvalue weighted by Gasteiger charge is 2.17. The summed E-state index contributed by atoms with van der Waals surface area (Å²) >= 11 is 0. The Labute approximate surface area is 158 Å². The van der Waals surface area contributed by atoms with Crippen LogP contribution in [-0.2, 0) is 13.1 Å². The van der Waals surface area contributed by atoms with Gasteiger partial charge in [-0.25, -0.2) is 9.97 Å². The molecule has 2 aromatic heterocycles. The minimum absolute atomic E-state index is 0.141. The molecule has 0 saturated carbocycles. The summed E-state index contributed by atoms with van der Waals surface area (Å²) in [6.45, 7) is 3.59. The number of hydrogen-bond donors (Lipinski definition) is 1. The molecule has 3 heterocycles. The number of rotatable bonds is 6. The maximum absolute atomic E-state index is 12.3. The van der Waals surface area contributed by atoms with Crippen LogP contribution in [0.25, 0.3) is 11.4 Å². The molecule has 0 atom stereocenters. The normalized spacial score (nSPS) is 13.3. The van der Waals surface area contributed by atoms with Crippen LogP contribution >= 0.6 is 0 Å². The summed E-state index contributed by atoms with van der Waals surface area (Å²) < 4.78 is 0. The summed E-state index contributed by atoms with van der Waals surface area (Å²) in [7, 11) is 0. The van der Waals surface area contributed by atoms with Crippen molar-refractivity contribution in [2.24, 2.45) is 0 Å². The molecule has 0 aliphatic carbocycles. The van der Waals surface area contributed by atoms with E-state index < -0.39 is 0 Å². The van der Waals surface area contributed by atoms with Crippen LogP contribution in [0, 0.1) is 0 Å². The predicted molar refractivity (Wildman–Crippen MR) is 103 cm³/mol. The summed E-state index contributed by atoms with van der Waals surface area (Å²) in [6, 6.07) is 12.3. The number of nitrogens with one attached hydrogen (secondary N) is 1. The average Bonchev–Trinajstić information content (AvgIpc) is 3.15. The molecule has 0 fully saturated rings. The Morgan fingerprint density at radius 2 is 1.74 bits per heavy atom. The Hall–Kier alpha value is -3.12. The number of pyridine rings is 1. The van der Waals surface area contributed by atoms with Crippen molar-refractivity contribution in [2.45, 2.75) is 19.5 Å². The van der Waals surface area contributed by atoms with Crippen LogP contribution in [0.1, 0.15) is 27.9 Å². The van der Waals surface area contributed by atoms with Crippen molar-refractivity contribution in [1.29, 1.82) is 0 Å². The van der Waals surface area contributed by atoms with Gasteiger partial charge in [-0.3, -0.25) is 14.7 Å². The van der Waals surface area contributed by atoms with Gasteiger partial charge in [-0.05, 0) is 29.7 Å². The quantitative estimate of drug-likeness (QED) is 0.685. The number of benzene rings is 1. The van der Waals surface area contributed by atoms with Gasteiger partial charge in [-0.1, -0.05) is 24.3 Å². The van der Waals surface area contributed by atoms with Crippen molar-refractivity contribution in [3.8, 4) is 11.4 Å². The molecule has 27 heavy (non-hydrogen) atoms. The molecule has 3 aromatic rings. The van der Waals surface area contributed by atoms with E-state index in [1.54, 1.807) is 24.8 Å². The van der Waals surface area contributed by atoms with Crippen molar-refractivity contribution in [1.82, 2.24) is 25.2 Å². The lowest BCUT2D eigenvalue weighted by Gasteiger charge is -2.14. The van der Waals surface area contributed by atoms with Crippen molar-refractivity contribution < 1.29 is 4.79 Å². The largest absolute Gasteiger partial charge is 0.352 e. The van der Waals surface area contributed by atoms with Crippen LogP contribution in [0.4, 0.5) is 0 Å². The van der Waals surface area contributed by atoms with E-state index >= 15 is 0 Å². The van der Waals surface area contributed by atoms with E-state index in [0.717, 1.165) is 31.6 Å². The highest BCUT2D eigenvalue weighted by molar-refractivity contribution is 5.93. The fourth-order valence-corrected chi connectivity index (χ4v) is 3.26. The average molecular weight is 359 g/mol. The third-order valence-corrected chi connectivity index (χ3v) is 4.68. The van der Waals surface area contributed by atoms with Gasteiger partial charge in [-0.15, -0.1) is 0 Å². The first-order chi connectivity index (χ1) is 13.3. The highest BCUT2D eigenvalue weighted by Crippen LogP contribution is 2.21. The number of hydrogen-bond acceptors (Lipinski definition) is 5. The van der Waals surface area contributed by atoms with Gasteiger partial charge in [0.25, 0.3) is 5.91 Å². The zero-order chi connectivity index (χ0) is 18.5. The van der Waals surface area contributed by atoms with Gasteiger partial charge in [0, 0.05) is 56.5 Å². The minimum Gasteiger partial charge on any atom is -0.352 e. The topological polar surface area (TPSA) is 71.0 Å². The Bertz CT molecular complexity index is 886. The van der Waals surface area contributed by atoms with Crippen LogP contribution < -0.4 is 5.32 Å². The smallest absolute Gasteiger partial charge is 0.254 e. The molecule has 1 aromatic carbocycles. The van der Waals surface area contributed by atoms with E-state index in [1.807, 2.05) is 12.1 Å². The SMILES string of the molecule is O=C(NCCCN1Cc2ccccc2C1)c1cnc(-c2cccnc2)nc1. The van der Waals surface area contributed by atoms with Crippen LogP contribution in [0.3, 0.4) is 0 Å². The van der Waals surface area contributed by atoms with E-state index in [2.05, 4.69) is 49.4 Å². The summed E-state index contributed by atoms with van der Waals surface area (Å²) in [5.74, 6) is 0.422. The number of fused-ring (bicyclic) bond motifs is 1. The van der Waals surface area contributed by atoms with Crippen LogP contribution in [0.2, 0.25) is 0 Å². The summed E-state index contributed by atoms with van der Waals surface area (Å²) in [5, 5.41) is 2.95. The molecule has 4 rings (SSSR count). The first-order valence-corrected chi connectivity index (χ1v) is 9.09. The molecule has 0 bridgehead atoms. The van der Waals surface area contributed by atoms with Gasteiger partial charge in [-0.2, -0.15) is 0 Å². The summed E-state index contributed by atoms with van der Waals surface area (Å²) in [5.41, 5.74) is 4.12. The van der Waals surface area contributed by atoms with Crippen molar-refractivity contribution >= 4 is 5.91 Å². The zero-order valence-electron chi connectivity index (χ0n) is 15.0. The third kappa shape index (κ3) is 4.17. The van der Waals surface area contributed by atoms with Gasteiger partial charge >= 0.3 is 0 Å². The molecule has 6 nitrogen and oxygen atoms in total. The molecule has 0 unspecified atom stereocenters. The van der Waals surface area contributed by atoms with Gasteiger partial charge < -0.3 is 5.32 Å². The molecular formula is C21H21N5O. The molecule has 1 N–H and O–H groups in total. The molecule has 1 aliphatic heterocycles. The van der Waals surface area contributed by atoms with Crippen molar-refractivity contribution in [3.63, 3.8) is 0 Å². The standard InChI is InChI=1S/C21H21N5O/c27-21(19-12-24-20(25-13-19)16-7-3-8-22-11-16)23-9-4-10-26-14-17-5-1-2-6-18(17)15-26/h1-3,5-8,11-13H,4,9-10,14-15H2,(H,23,27). The lowest BCUT2D eigenvalue weighted by Crippen LogP contribution is -2.28. The molecule has 0 radical (unpaired) electrons. The van der Waals surface area contributed by atoms with E-state index in [9.17, 15) is 4.79 Å². The summed E-state index contributed by atoms with van der Waals surface area (Å²) in [6.07, 6.45) is 7.43. The second-order valence-electron chi connectivity index (χ2n) is 6.63. The fourth-order valence-electron chi connectivity index (χ4n) is 3.26. The minimum atomic E-state index is -0.141. The van der Waals surface area contributed by atoms with Gasteiger partial charge in [0.2, 0.25) is 0 Å². The number of aromatic nitrogens is 3. The lowest BCUT2D eigenvalue weighted by atomic mass is 10.1. The fraction of sp³-hybridized carbons (Fsp3) is 0.238. The molecule has 1 aliphatic rings. The van der Waals surface area contributed by atoms with Gasteiger partial charge in [0.15, 0.2) is 5.82 Å². The number of carbonyl (C=O) groups excluding carboxylic acids is 1. The monoisotopic (exact) mass is 359 g/mol. The summed E-state index contributed by atoms with van der Waals surface area (Å²) in [4.78, 5) is 27.2. The van der Waals surface area contributed by atoms with Gasteiger partial charge in [0.05, 0.1) is 5.56 Å². The van der Waals surface area contributed by atoms with E-state index in [0.29, 0.717) is 17.9 Å². The van der Waals surface area contributed by atoms with E-state index in [4.69, 9.17) is 0 Å². The number of carbonyl (C=O) groups is 1. The van der Waals surface area contributed by atoms with Crippen molar-refractivity contribution in [2.75, 3.05) is 13.1 Å². The first-order valence-electron chi connectivity index (χ1n) is 9.09. The molecule has 136 valence electrons. The maximum atomic E-state index is 12.3. The maximum Gasteiger partial charge on any atom is 0.254 e. The van der Waals surface area contributed by atoms with Crippen LogP contribution in [0.15, 0.2) is 61.2 Å².